The highest BCUT2D eigenvalue weighted by molar-refractivity contribution is 6.35. The maximum absolute atomic E-state index is 11.3. The lowest BCUT2D eigenvalue weighted by molar-refractivity contribution is 0.111. The van der Waals surface area contributed by atoms with Gasteiger partial charge in [-0.25, -0.2) is 0 Å². The first-order valence-corrected chi connectivity index (χ1v) is 6.44. The number of nitrogens with zero attached hydrogens (tertiary/aromatic N) is 1. The maximum Gasteiger partial charge on any atom is 0.153 e. The number of benzene rings is 2. The summed E-state index contributed by atoms with van der Waals surface area (Å²) in [5.41, 5.74) is 2.36. The predicted octanol–water partition coefficient (Wildman–Crippen LogP) is 4.75. The summed E-state index contributed by atoms with van der Waals surface area (Å²) in [6.07, 6.45) is 1.49. The summed E-state index contributed by atoms with van der Waals surface area (Å²) in [5, 5.41) is 0.994. The summed E-state index contributed by atoms with van der Waals surface area (Å²) in [4.78, 5) is 22.6. The zero-order valence-corrected chi connectivity index (χ0v) is 13.6. The summed E-state index contributed by atoms with van der Waals surface area (Å²) < 4.78 is 1.73. The summed E-state index contributed by atoms with van der Waals surface area (Å²) in [7, 11) is 0. The van der Waals surface area contributed by atoms with Crippen molar-refractivity contribution in [1.29, 1.82) is 0 Å². The molecule has 0 aliphatic heterocycles. The number of fused-ring (bicyclic) bond motifs is 1. The Hall–Kier alpha value is -1.81. The Morgan fingerprint density at radius 2 is 1.55 bits per heavy atom. The molecule has 0 fully saturated rings. The second kappa shape index (κ2) is 7.45. The molecular formula is C16H12Cl3NO2. The molecule has 0 aliphatic carbocycles. The molecule has 0 saturated heterocycles. The van der Waals surface area contributed by atoms with Crippen LogP contribution >= 0.6 is 36.4 Å². The number of carbonyl (C=O) groups excluding carboxylic acids is 2. The standard InChI is InChI=1S/C16H10ClNO2.2ClH/c17-16-14(10-20)13-8-4-5-11(9-19)15(13)18(16)12-6-2-1-3-7-12;;/h1-10H;2*1H. The number of halogens is 3. The summed E-state index contributed by atoms with van der Waals surface area (Å²) in [5.74, 6) is 0. The van der Waals surface area contributed by atoms with E-state index in [-0.39, 0.29) is 24.8 Å². The van der Waals surface area contributed by atoms with Crippen LogP contribution in [0, 0.1) is 0 Å². The van der Waals surface area contributed by atoms with E-state index in [1.807, 2.05) is 30.3 Å². The van der Waals surface area contributed by atoms with Crippen LogP contribution in [-0.4, -0.2) is 17.1 Å². The fourth-order valence-electron chi connectivity index (χ4n) is 2.38. The lowest BCUT2D eigenvalue weighted by atomic mass is 10.1. The Morgan fingerprint density at radius 3 is 2.14 bits per heavy atom. The van der Waals surface area contributed by atoms with Crippen molar-refractivity contribution in [3.05, 3.63) is 64.8 Å². The van der Waals surface area contributed by atoms with Crippen LogP contribution in [0.3, 0.4) is 0 Å². The van der Waals surface area contributed by atoms with Crippen LogP contribution < -0.4 is 0 Å². The first kappa shape index (κ1) is 18.2. The zero-order chi connectivity index (χ0) is 14.1. The predicted molar refractivity (Wildman–Crippen MR) is 93.6 cm³/mol. The number of hydrogen-bond acceptors (Lipinski definition) is 2. The number of hydrogen-bond donors (Lipinski definition) is 0. The van der Waals surface area contributed by atoms with E-state index in [9.17, 15) is 9.59 Å². The van der Waals surface area contributed by atoms with Gasteiger partial charge in [0.2, 0.25) is 0 Å². The highest BCUT2D eigenvalue weighted by atomic mass is 35.5. The lowest BCUT2D eigenvalue weighted by Gasteiger charge is -2.08. The van der Waals surface area contributed by atoms with E-state index in [0.29, 0.717) is 27.2 Å². The van der Waals surface area contributed by atoms with E-state index >= 15 is 0 Å². The molecule has 0 amide bonds. The Labute approximate surface area is 144 Å². The van der Waals surface area contributed by atoms with Gasteiger partial charge in [0, 0.05) is 16.6 Å². The third kappa shape index (κ3) is 2.75. The van der Waals surface area contributed by atoms with E-state index in [1.165, 1.54) is 0 Å². The van der Waals surface area contributed by atoms with Gasteiger partial charge in [0.1, 0.15) is 5.15 Å². The van der Waals surface area contributed by atoms with Crippen LogP contribution in [-0.2, 0) is 0 Å². The van der Waals surface area contributed by atoms with Gasteiger partial charge in [-0.15, -0.1) is 24.8 Å². The first-order valence-electron chi connectivity index (χ1n) is 6.06. The van der Waals surface area contributed by atoms with Crippen molar-refractivity contribution < 1.29 is 9.59 Å². The molecule has 0 radical (unpaired) electrons. The Morgan fingerprint density at radius 1 is 0.864 bits per heavy atom. The molecule has 0 unspecified atom stereocenters. The van der Waals surface area contributed by atoms with Gasteiger partial charge in [-0.3, -0.25) is 14.2 Å². The minimum atomic E-state index is 0. The molecule has 0 N–H and O–H groups in total. The molecule has 22 heavy (non-hydrogen) atoms. The van der Waals surface area contributed by atoms with Crippen LogP contribution in [0.25, 0.3) is 16.6 Å². The fraction of sp³-hybridized carbons (Fsp3) is 0. The van der Waals surface area contributed by atoms with E-state index in [4.69, 9.17) is 11.6 Å². The zero-order valence-electron chi connectivity index (χ0n) is 11.2. The summed E-state index contributed by atoms with van der Waals surface area (Å²) in [6.45, 7) is 0. The molecule has 0 spiro atoms. The van der Waals surface area contributed by atoms with Crippen molar-refractivity contribution in [1.82, 2.24) is 4.57 Å². The van der Waals surface area contributed by atoms with Crippen molar-refractivity contribution in [2.24, 2.45) is 0 Å². The molecule has 114 valence electrons. The molecule has 3 nitrogen and oxygen atoms in total. The average Bonchev–Trinajstić information content (AvgIpc) is 2.79. The smallest absolute Gasteiger partial charge is 0.153 e. The highest BCUT2D eigenvalue weighted by Crippen LogP contribution is 2.33. The van der Waals surface area contributed by atoms with E-state index in [1.54, 1.807) is 22.8 Å². The molecule has 0 atom stereocenters. The topological polar surface area (TPSA) is 39.1 Å². The van der Waals surface area contributed by atoms with Gasteiger partial charge in [0.25, 0.3) is 0 Å². The van der Waals surface area contributed by atoms with Crippen molar-refractivity contribution in [3.63, 3.8) is 0 Å². The molecule has 1 heterocycles. The van der Waals surface area contributed by atoms with Gasteiger partial charge in [-0.05, 0) is 18.2 Å². The SMILES string of the molecule is Cl.Cl.O=Cc1c(Cl)n(-c2ccccc2)c2c(C=O)cccc12. The van der Waals surface area contributed by atoms with Gasteiger partial charge < -0.3 is 0 Å². The third-order valence-electron chi connectivity index (χ3n) is 3.26. The normalized spacial score (nSPS) is 9.68. The number of aromatic nitrogens is 1. The van der Waals surface area contributed by atoms with Crippen LogP contribution in [0.2, 0.25) is 5.15 Å². The van der Waals surface area contributed by atoms with Crippen LogP contribution in [0.15, 0.2) is 48.5 Å². The number of carbonyl (C=O) groups is 2. The van der Waals surface area contributed by atoms with Crippen molar-refractivity contribution in [3.8, 4) is 5.69 Å². The van der Waals surface area contributed by atoms with Crippen LogP contribution in [0.1, 0.15) is 20.7 Å². The quantitative estimate of drug-likeness (QED) is 0.635. The largest absolute Gasteiger partial charge is 0.299 e. The maximum atomic E-state index is 11.3. The van der Waals surface area contributed by atoms with E-state index in [0.717, 1.165) is 18.3 Å². The first-order chi connectivity index (χ1) is 9.77. The number of aldehydes is 2. The molecule has 0 bridgehead atoms. The third-order valence-corrected chi connectivity index (χ3v) is 3.63. The molecule has 6 heteroatoms. The molecule has 0 saturated carbocycles. The Bertz CT molecular complexity index is 813. The summed E-state index contributed by atoms with van der Waals surface area (Å²) >= 11 is 6.33. The van der Waals surface area contributed by atoms with Crippen molar-refractivity contribution >= 4 is 59.9 Å². The number of para-hydroxylation sites is 2. The molecule has 0 aliphatic rings. The van der Waals surface area contributed by atoms with Crippen molar-refractivity contribution in [2.75, 3.05) is 0 Å². The minimum absolute atomic E-state index is 0. The molecule has 3 aromatic rings. The number of rotatable bonds is 3. The molecular weight excluding hydrogens is 345 g/mol. The Balaban J connectivity index is 0.00000121. The average molecular weight is 357 g/mol. The Kier molecular flexibility index (Phi) is 6.18. The molecule has 2 aromatic carbocycles. The van der Waals surface area contributed by atoms with Gasteiger partial charge in [0.05, 0.1) is 11.1 Å². The van der Waals surface area contributed by atoms with E-state index < -0.39 is 0 Å². The van der Waals surface area contributed by atoms with E-state index in [2.05, 4.69) is 0 Å². The van der Waals surface area contributed by atoms with Gasteiger partial charge >= 0.3 is 0 Å². The van der Waals surface area contributed by atoms with Gasteiger partial charge in [-0.1, -0.05) is 41.9 Å². The van der Waals surface area contributed by atoms with Gasteiger partial charge in [-0.2, -0.15) is 0 Å². The van der Waals surface area contributed by atoms with Crippen LogP contribution in [0.5, 0.6) is 0 Å². The monoisotopic (exact) mass is 355 g/mol. The summed E-state index contributed by atoms with van der Waals surface area (Å²) in [6, 6.07) is 14.6. The van der Waals surface area contributed by atoms with Crippen molar-refractivity contribution in [2.45, 2.75) is 0 Å². The minimum Gasteiger partial charge on any atom is -0.299 e. The second-order valence-corrected chi connectivity index (χ2v) is 4.71. The van der Waals surface area contributed by atoms with Gasteiger partial charge in [0.15, 0.2) is 12.6 Å². The molecule has 1 aromatic heterocycles. The van der Waals surface area contributed by atoms with Crippen LogP contribution in [0.4, 0.5) is 0 Å². The highest BCUT2D eigenvalue weighted by Gasteiger charge is 2.18. The second-order valence-electron chi connectivity index (χ2n) is 4.35. The molecule has 3 rings (SSSR count). The fourth-order valence-corrected chi connectivity index (χ4v) is 2.71. The lowest BCUT2D eigenvalue weighted by Crippen LogP contribution is -1.96.